The number of nitrogens with one attached hydrogen (secondary N) is 1. The van der Waals surface area contributed by atoms with Gasteiger partial charge in [0.25, 0.3) is 11.1 Å². The van der Waals surface area contributed by atoms with Crippen molar-refractivity contribution in [2.24, 2.45) is 0 Å². The summed E-state index contributed by atoms with van der Waals surface area (Å²) in [5.74, 6) is -1.40. The van der Waals surface area contributed by atoms with Crippen molar-refractivity contribution in [3.05, 3.63) is 64.3 Å². The fourth-order valence-electron chi connectivity index (χ4n) is 4.37. The summed E-state index contributed by atoms with van der Waals surface area (Å²) in [5.41, 5.74) is 3.25. The fourth-order valence-corrected chi connectivity index (χ4v) is 5.21. The lowest BCUT2D eigenvalue weighted by atomic mass is 9.80. The molecule has 33 heavy (non-hydrogen) atoms. The average Bonchev–Trinajstić information content (AvgIpc) is 3.01. The van der Waals surface area contributed by atoms with Crippen molar-refractivity contribution in [1.29, 1.82) is 0 Å². The molecular weight excluding hydrogens is 441 g/mol. The molecule has 8 heteroatoms. The molecule has 1 atom stereocenters. The highest BCUT2D eigenvalue weighted by Crippen LogP contribution is 2.43. The monoisotopic (exact) mass is 467 g/mol. The standard InChI is InChI=1S/C25H26FN3O3S/c1-15-13-25(2,3)28(4)20-10-9-16(11-17(15)20)12-21-23(31)29(24(32)33-21)14-22(30)27-19-8-6-5-7-18(19)26/h5-12,15H,13-14H2,1-4H3,(H,27,30)/b21-12+. The van der Waals surface area contributed by atoms with Gasteiger partial charge in [-0.25, -0.2) is 4.39 Å². The first-order valence-corrected chi connectivity index (χ1v) is 11.6. The molecule has 0 saturated carbocycles. The number of anilines is 2. The van der Waals surface area contributed by atoms with Crippen LogP contribution in [-0.2, 0) is 9.59 Å². The molecule has 4 rings (SSSR count). The molecule has 1 fully saturated rings. The van der Waals surface area contributed by atoms with Crippen molar-refractivity contribution in [1.82, 2.24) is 4.90 Å². The van der Waals surface area contributed by atoms with Gasteiger partial charge in [0.05, 0.1) is 10.6 Å². The quantitative estimate of drug-likeness (QED) is 0.624. The second-order valence-electron chi connectivity index (χ2n) is 9.09. The summed E-state index contributed by atoms with van der Waals surface area (Å²) in [6.45, 7) is 6.16. The van der Waals surface area contributed by atoms with Crippen LogP contribution < -0.4 is 10.2 Å². The third-order valence-electron chi connectivity index (χ3n) is 6.28. The van der Waals surface area contributed by atoms with E-state index in [4.69, 9.17) is 0 Å². The Balaban J connectivity index is 1.51. The summed E-state index contributed by atoms with van der Waals surface area (Å²) in [4.78, 5) is 40.9. The van der Waals surface area contributed by atoms with Crippen molar-refractivity contribution >= 4 is 46.3 Å². The first kappa shape index (κ1) is 23.0. The molecule has 1 N–H and O–H groups in total. The van der Waals surface area contributed by atoms with E-state index in [1.165, 1.54) is 23.8 Å². The second-order valence-corrected chi connectivity index (χ2v) is 10.1. The van der Waals surface area contributed by atoms with E-state index in [0.29, 0.717) is 5.92 Å². The predicted octanol–water partition coefficient (Wildman–Crippen LogP) is 5.22. The van der Waals surface area contributed by atoms with E-state index in [1.807, 2.05) is 12.1 Å². The molecule has 0 bridgehead atoms. The number of carbonyl (C=O) groups is 3. The Morgan fingerprint density at radius 2 is 1.97 bits per heavy atom. The number of rotatable bonds is 4. The highest BCUT2D eigenvalue weighted by Gasteiger charge is 2.37. The van der Waals surface area contributed by atoms with E-state index in [9.17, 15) is 18.8 Å². The number of fused-ring (bicyclic) bond motifs is 1. The van der Waals surface area contributed by atoms with Crippen LogP contribution in [0.3, 0.4) is 0 Å². The Bertz CT molecular complexity index is 1180. The normalized spacial score (nSPS) is 20.9. The Kier molecular flexibility index (Phi) is 6.05. The molecule has 0 aromatic heterocycles. The molecule has 2 aromatic rings. The molecule has 0 radical (unpaired) electrons. The summed E-state index contributed by atoms with van der Waals surface area (Å²) in [6.07, 6.45) is 2.69. The van der Waals surface area contributed by atoms with E-state index in [1.54, 1.807) is 12.1 Å². The van der Waals surface area contributed by atoms with Crippen LogP contribution in [0.5, 0.6) is 0 Å². The minimum absolute atomic E-state index is 0.00124. The molecule has 2 heterocycles. The van der Waals surface area contributed by atoms with Gasteiger partial charge in [0, 0.05) is 18.3 Å². The molecule has 1 saturated heterocycles. The van der Waals surface area contributed by atoms with Crippen molar-refractivity contribution in [2.45, 2.75) is 38.6 Å². The highest BCUT2D eigenvalue weighted by molar-refractivity contribution is 8.18. The Hall–Kier alpha value is -3.13. The zero-order chi connectivity index (χ0) is 23.9. The molecule has 0 aliphatic carbocycles. The van der Waals surface area contributed by atoms with E-state index in [0.717, 1.165) is 34.3 Å². The first-order chi connectivity index (χ1) is 15.6. The number of imide groups is 1. The number of para-hydroxylation sites is 1. The summed E-state index contributed by atoms with van der Waals surface area (Å²) < 4.78 is 13.8. The second kappa shape index (κ2) is 8.67. The number of nitrogens with zero attached hydrogens (tertiary/aromatic N) is 2. The smallest absolute Gasteiger partial charge is 0.294 e. The Labute approximate surface area is 196 Å². The van der Waals surface area contributed by atoms with Gasteiger partial charge in [-0.2, -0.15) is 0 Å². The van der Waals surface area contributed by atoms with E-state index >= 15 is 0 Å². The van der Waals surface area contributed by atoms with Gasteiger partial charge >= 0.3 is 0 Å². The third kappa shape index (κ3) is 4.53. The number of thioether (sulfide) groups is 1. The molecule has 1 unspecified atom stereocenters. The van der Waals surface area contributed by atoms with E-state index < -0.39 is 29.4 Å². The number of amides is 3. The first-order valence-electron chi connectivity index (χ1n) is 10.7. The minimum Gasteiger partial charge on any atom is -0.369 e. The maximum absolute atomic E-state index is 13.8. The van der Waals surface area contributed by atoms with E-state index in [2.05, 4.69) is 44.1 Å². The number of halogens is 1. The lowest BCUT2D eigenvalue weighted by Crippen LogP contribution is -2.45. The molecule has 2 aliphatic heterocycles. The van der Waals surface area contributed by atoms with Crippen LogP contribution in [0.2, 0.25) is 0 Å². The highest BCUT2D eigenvalue weighted by atomic mass is 32.2. The molecule has 172 valence electrons. The van der Waals surface area contributed by atoms with Crippen LogP contribution in [0.4, 0.5) is 20.6 Å². The molecule has 2 aromatic carbocycles. The third-order valence-corrected chi connectivity index (χ3v) is 7.19. The van der Waals surface area contributed by atoms with Gasteiger partial charge in [-0.05, 0) is 79.4 Å². The molecule has 0 spiro atoms. The molecule has 3 amide bonds. The molecule has 6 nitrogen and oxygen atoms in total. The van der Waals surface area contributed by atoms with Gasteiger partial charge in [0.1, 0.15) is 12.4 Å². The zero-order valence-corrected chi connectivity index (χ0v) is 19.8. The Morgan fingerprint density at radius 1 is 1.24 bits per heavy atom. The van der Waals surface area contributed by atoms with Gasteiger partial charge in [-0.15, -0.1) is 0 Å². The van der Waals surface area contributed by atoms with Gasteiger partial charge in [-0.3, -0.25) is 19.3 Å². The Morgan fingerprint density at radius 3 is 2.70 bits per heavy atom. The van der Waals surface area contributed by atoms with E-state index in [-0.39, 0.29) is 16.1 Å². The van der Waals surface area contributed by atoms with Crippen LogP contribution in [0, 0.1) is 5.82 Å². The molecular formula is C25H26FN3O3S. The van der Waals surface area contributed by atoms with Gasteiger partial charge in [-0.1, -0.05) is 25.1 Å². The van der Waals surface area contributed by atoms with Crippen LogP contribution in [0.25, 0.3) is 6.08 Å². The summed E-state index contributed by atoms with van der Waals surface area (Å²) in [6, 6.07) is 11.8. The predicted molar refractivity (Wildman–Crippen MR) is 130 cm³/mol. The summed E-state index contributed by atoms with van der Waals surface area (Å²) in [5, 5.41) is 1.87. The average molecular weight is 468 g/mol. The van der Waals surface area contributed by atoms with Crippen molar-refractivity contribution in [2.75, 3.05) is 23.8 Å². The molecule has 2 aliphatic rings. The van der Waals surface area contributed by atoms with Crippen molar-refractivity contribution in [3.63, 3.8) is 0 Å². The minimum atomic E-state index is -0.642. The van der Waals surface area contributed by atoms with Crippen LogP contribution in [0.1, 0.15) is 44.2 Å². The van der Waals surface area contributed by atoms with Crippen LogP contribution in [-0.4, -0.2) is 41.1 Å². The van der Waals surface area contributed by atoms with Crippen molar-refractivity contribution in [3.8, 4) is 0 Å². The lowest BCUT2D eigenvalue weighted by Gasteiger charge is -2.45. The van der Waals surface area contributed by atoms with Crippen molar-refractivity contribution < 1.29 is 18.8 Å². The summed E-state index contributed by atoms with van der Waals surface area (Å²) >= 11 is 0.801. The number of benzene rings is 2. The SMILES string of the molecule is CC1CC(C)(C)N(C)c2ccc(/C=C3/SC(=O)N(CC(=O)Nc4ccccc4F)C3=O)cc21. The fraction of sp³-hybridized carbons (Fsp3) is 0.320. The largest absolute Gasteiger partial charge is 0.369 e. The maximum atomic E-state index is 13.8. The summed E-state index contributed by atoms with van der Waals surface area (Å²) in [7, 11) is 2.09. The topological polar surface area (TPSA) is 69.7 Å². The maximum Gasteiger partial charge on any atom is 0.294 e. The van der Waals surface area contributed by atoms with Gasteiger partial charge < -0.3 is 10.2 Å². The van der Waals surface area contributed by atoms with Gasteiger partial charge in [0.15, 0.2) is 0 Å². The number of hydrogen-bond donors (Lipinski definition) is 1. The number of hydrogen-bond acceptors (Lipinski definition) is 5. The lowest BCUT2D eigenvalue weighted by molar-refractivity contribution is -0.127. The number of carbonyl (C=O) groups excluding carboxylic acids is 3. The van der Waals surface area contributed by atoms with Gasteiger partial charge in [0.2, 0.25) is 5.91 Å². The zero-order valence-electron chi connectivity index (χ0n) is 19.0. The van der Waals surface area contributed by atoms with Crippen LogP contribution >= 0.6 is 11.8 Å². The van der Waals surface area contributed by atoms with Crippen LogP contribution in [0.15, 0.2) is 47.4 Å².